The Morgan fingerprint density at radius 3 is 2.28 bits per heavy atom. The first-order chi connectivity index (χ1) is 17.5. The van der Waals surface area contributed by atoms with E-state index in [1.54, 1.807) is 36.4 Å². The van der Waals surface area contributed by atoms with Gasteiger partial charge in [0.05, 0.1) is 5.56 Å². The predicted octanol–water partition coefficient (Wildman–Crippen LogP) is 4.77. The van der Waals surface area contributed by atoms with Crippen molar-refractivity contribution in [3.63, 3.8) is 0 Å². The summed E-state index contributed by atoms with van der Waals surface area (Å²) in [6, 6.07) is 23.8. The largest absolute Gasteiger partial charge is 0.422 e. The molecular weight excluding hydrogens is 454 g/mol. The third kappa shape index (κ3) is 4.86. The maximum atomic E-state index is 12.8. The Hall–Kier alpha value is -4.39. The minimum atomic E-state index is -0.413. The molecule has 0 saturated carbocycles. The molecule has 3 aromatic carbocycles. The van der Waals surface area contributed by atoms with Crippen molar-refractivity contribution in [2.24, 2.45) is 0 Å². The van der Waals surface area contributed by atoms with Gasteiger partial charge in [0.1, 0.15) is 5.58 Å². The summed E-state index contributed by atoms with van der Waals surface area (Å²) in [6.07, 6.45) is 0.538. The van der Waals surface area contributed by atoms with Gasteiger partial charge in [-0.05, 0) is 54.1 Å². The number of benzene rings is 3. The number of carbonyl (C=O) groups excluding carboxylic acids is 2. The van der Waals surface area contributed by atoms with Gasteiger partial charge in [-0.25, -0.2) is 4.79 Å². The van der Waals surface area contributed by atoms with Crippen LogP contribution in [-0.4, -0.2) is 42.9 Å². The third-order valence-electron chi connectivity index (χ3n) is 6.52. The van der Waals surface area contributed by atoms with E-state index in [0.29, 0.717) is 34.4 Å². The van der Waals surface area contributed by atoms with Crippen LogP contribution in [-0.2, 0) is 4.79 Å². The highest BCUT2D eigenvalue weighted by atomic mass is 16.4. The van der Waals surface area contributed by atoms with Gasteiger partial charge in [0.2, 0.25) is 5.91 Å². The number of carbonyl (C=O) groups is 2. The molecule has 1 aliphatic rings. The smallest absolute Gasteiger partial charge is 0.344 e. The topological polar surface area (TPSA) is 82.9 Å². The number of nitrogens with one attached hydrogen (secondary N) is 1. The summed E-state index contributed by atoms with van der Waals surface area (Å²) in [5, 5.41) is 3.76. The lowest BCUT2D eigenvalue weighted by Crippen LogP contribution is -2.48. The molecule has 36 heavy (non-hydrogen) atoms. The van der Waals surface area contributed by atoms with Crippen molar-refractivity contribution in [3.8, 4) is 11.1 Å². The van der Waals surface area contributed by atoms with Gasteiger partial charge < -0.3 is 19.5 Å². The van der Waals surface area contributed by atoms with E-state index in [2.05, 4.69) is 10.2 Å². The van der Waals surface area contributed by atoms with Crippen molar-refractivity contribution < 1.29 is 14.0 Å². The van der Waals surface area contributed by atoms with Crippen LogP contribution < -0.4 is 15.8 Å². The summed E-state index contributed by atoms with van der Waals surface area (Å²) in [5.41, 5.74) is 3.53. The fourth-order valence-electron chi connectivity index (χ4n) is 4.46. The van der Waals surface area contributed by atoms with Gasteiger partial charge in [0, 0.05) is 54.9 Å². The van der Waals surface area contributed by atoms with Crippen LogP contribution in [0.1, 0.15) is 23.7 Å². The van der Waals surface area contributed by atoms with E-state index in [1.807, 2.05) is 54.3 Å². The summed E-state index contributed by atoms with van der Waals surface area (Å²) >= 11 is 0. The number of para-hydroxylation sites is 1. The Morgan fingerprint density at radius 2 is 1.58 bits per heavy atom. The highest BCUT2D eigenvalue weighted by Gasteiger charge is 2.20. The molecule has 0 aliphatic carbocycles. The van der Waals surface area contributed by atoms with Gasteiger partial charge >= 0.3 is 5.63 Å². The van der Waals surface area contributed by atoms with Crippen LogP contribution in [0.15, 0.2) is 88.1 Å². The number of fused-ring (bicyclic) bond motifs is 1. The molecule has 2 heterocycles. The van der Waals surface area contributed by atoms with Crippen LogP contribution in [0.4, 0.5) is 11.4 Å². The van der Waals surface area contributed by atoms with Gasteiger partial charge in [-0.1, -0.05) is 37.3 Å². The van der Waals surface area contributed by atoms with E-state index in [0.717, 1.165) is 37.3 Å². The molecule has 0 unspecified atom stereocenters. The number of amides is 2. The molecular formula is C29H27N3O4. The SMILES string of the molecule is CCC(=O)N1CCN(c2ccc(NC(=O)c3ccc(-c4cc5ccccc5oc4=O)cc3)cc2)CC1. The molecule has 1 aromatic heterocycles. The molecule has 182 valence electrons. The van der Waals surface area contributed by atoms with Crippen molar-refractivity contribution in [3.05, 3.63) is 94.8 Å². The Kier molecular flexibility index (Phi) is 6.54. The number of hydrogen-bond donors (Lipinski definition) is 1. The van der Waals surface area contributed by atoms with Crippen molar-refractivity contribution in [1.82, 2.24) is 4.90 Å². The number of nitrogens with zero attached hydrogens (tertiary/aromatic N) is 2. The van der Waals surface area contributed by atoms with Gasteiger partial charge in [0.15, 0.2) is 0 Å². The maximum Gasteiger partial charge on any atom is 0.344 e. The quantitative estimate of drug-likeness (QED) is 0.415. The second-order valence-corrected chi connectivity index (χ2v) is 8.79. The Labute approximate surface area is 208 Å². The maximum absolute atomic E-state index is 12.8. The summed E-state index contributed by atoms with van der Waals surface area (Å²) in [5.74, 6) is -0.0342. The van der Waals surface area contributed by atoms with E-state index in [9.17, 15) is 14.4 Å². The number of anilines is 2. The molecule has 0 bridgehead atoms. The van der Waals surface area contributed by atoms with Crippen LogP contribution in [0.5, 0.6) is 0 Å². The zero-order valence-corrected chi connectivity index (χ0v) is 20.1. The molecule has 1 N–H and O–H groups in total. The molecule has 4 aromatic rings. The van der Waals surface area contributed by atoms with Crippen molar-refractivity contribution in [2.75, 3.05) is 36.4 Å². The standard InChI is InChI=1S/C29H27N3O4/c1-2-27(33)32-17-15-31(16-18-32)24-13-11-23(12-14-24)30-28(34)21-9-7-20(8-10-21)25-19-22-5-3-4-6-26(22)36-29(25)35/h3-14,19H,2,15-18H2,1H3,(H,30,34). The highest BCUT2D eigenvalue weighted by Crippen LogP contribution is 2.23. The molecule has 7 nitrogen and oxygen atoms in total. The monoisotopic (exact) mass is 481 g/mol. The molecule has 7 heteroatoms. The molecule has 1 saturated heterocycles. The van der Waals surface area contributed by atoms with Crippen molar-refractivity contribution in [2.45, 2.75) is 13.3 Å². The van der Waals surface area contributed by atoms with E-state index in [4.69, 9.17) is 4.42 Å². The Bertz CT molecular complexity index is 1450. The fourth-order valence-corrected chi connectivity index (χ4v) is 4.46. The van der Waals surface area contributed by atoms with Gasteiger partial charge in [-0.3, -0.25) is 9.59 Å². The third-order valence-corrected chi connectivity index (χ3v) is 6.52. The zero-order chi connectivity index (χ0) is 25.1. The van der Waals surface area contributed by atoms with Crippen LogP contribution in [0.25, 0.3) is 22.1 Å². The summed E-state index contributed by atoms with van der Waals surface area (Å²) in [4.78, 5) is 41.2. The Morgan fingerprint density at radius 1 is 0.889 bits per heavy atom. The molecule has 1 aliphatic heterocycles. The second-order valence-electron chi connectivity index (χ2n) is 8.79. The predicted molar refractivity (Wildman–Crippen MR) is 141 cm³/mol. The van der Waals surface area contributed by atoms with Crippen LogP contribution in [0.2, 0.25) is 0 Å². The van der Waals surface area contributed by atoms with E-state index in [1.165, 1.54) is 0 Å². The second kappa shape index (κ2) is 10.1. The summed E-state index contributed by atoms with van der Waals surface area (Å²) in [6.45, 7) is 4.92. The van der Waals surface area contributed by atoms with Gasteiger partial charge in [-0.15, -0.1) is 0 Å². The van der Waals surface area contributed by atoms with Crippen LogP contribution in [0.3, 0.4) is 0 Å². The van der Waals surface area contributed by atoms with E-state index >= 15 is 0 Å². The van der Waals surface area contributed by atoms with E-state index in [-0.39, 0.29) is 11.8 Å². The zero-order valence-electron chi connectivity index (χ0n) is 20.1. The lowest BCUT2D eigenvalue weighted by Gasteiger charge is -2.36. The van der Waals surface area contributed by atoms with Gasteiger partial charge in [-0.2, -0.15) is 0 Å². The highest BCUT2D eigenvalue weighted by molar-refractivity contribution is 6.04. The van der Waals surface area contributed by atoms with Crippen LogP contribution >= 0.6 is 0 Å². The molecule has 2 amide bonds. The minimum absolute atomic E-state index is 0.196. The molecule has 0 atom stereocenters. The first kappa shape index (κ1) is 23.4. The minimum Gasteiger partial charge on any atom is -0.422 e. The number of hydrogen-bond acceptors (Lipinski definition) is 5. The van der Waals surface area contributed by atoms with Crippen molar-refractivity contribution >= 4 is 34.2 Å². The number of piperazine rings is 1. The summed E-state index contributed by atoms with van der Waals surface area (Å²) < 4.78 is 5.42. The molecule has 5 rings (SSSR count). The average molecular weight is 482 g/mol. The Balaban J connectivity index is 1.23. The fraction of sp³-hybridized carbons (Fsp3) is 0.207. The normalized spacial score (nSPS) is 13.6. The van der Waals surface area contributed by atoms with Crippen molar-refractivity contribution in [1.29, 1.82) is 0 Å². The lowest BCUT2D eigenvalue weighted by atomic mass is 10.0. The number of rotatable bonds is 5. The summed E-state index contributed by atoms with van der Waals surface area (Å²) in [7, 11) is 0. The molecule has 0 radical (unpaired) electrons. The molecule has 1 fully saturated rings. The van der Waals surface area contributed by atoms with E-state index < -0.39 is 5.63 Å². The molecule has 0 spiro atoms. The van der Waals surface area contributed by atoms with Crippen LogP contribution in [0, 0.1) is 0 Å². The lowest BCUT2D eigenvalue weighted by molar-refractivity contribution is -0.131. The average Bonchev–Trinajstić information content (AvgIpc) is 2.93. The first-order valence-electron chi connectivity index (χ1n) is 12.1. The van der Waals surface area contributed by atoms with Gasteiger partial charge in [0.25, 0.3) is 5.91 Å². The first-order valence-corrected chi connectivity index (χ1v) is 12.1.